The van der Waals surface area contributed by atoms with Gasteiger partial charge in [-0.3, -0.25) is 9.78 Å². The van der Waals surface area contributed by atoms with Crippen LogP contribution in [-0.2, 0) is 0 Å². The minimum absolute atomic E-state index is 0.00233. The van der Waals surface area contributed by atoms with Gasteiger partial charge in [-0.2, -0.15) is 0 Å². The number of fused-ring (bicyclic) bond motifs is 1. The zero-order valence-electron chi connectivity index (χ0n) is 12.3. The Kier molecular flexibility index (Phi) is 3.97. The highest BCUT2D eigenvalue weighted by Crippen LogP contribution is 2.16. The molecule has 0 aliphatic carbocycles. The largest absolute Gasteiger partial charge is 0.388 e. The molecule has 3 nitrogen and oxygen atoms in total. The van der Waals surface area contributed by atoms with Crippen LogP contribution in [0.3, 0.4) is 0 Å². The number of pyridine rings is 1. The second kappa shape index (κ2) is 6.22. The lowest BCUT2D eigenvalue weighted by Crippen LogP contribution is -1.95. The van der Waals surface area contributed by atoms with Crippen LogP contribution in [0.5, 0.6) is 0 Å². The van der Waals surface area contributed by atoms with Crippen molar-refractivity contribution >= 4 is 28.3 Å². The summed E-state index contributed by atoms with van der Waals surface area (Å²) < 4.78 is 0. The number of carbonyl (C=O) groups excluding carboxylic acids is 1. The van der Waals surface area contributed by atoms with Gasteiger partial charge in [0.05, 0.1) is 0 Å². The predicted molar refractivity (Wildman–Crippen MR) is 91.1 cm³/mol. The number of rotatable bonds is 4. The van der Waals surface area contributed by atoms with Gasteiger partial charge in [0.15, 0.2) is 5.78 Å². The number of aromatic nitrogens is 1. The number of hydrogen-bond donors (Lipinski definition) is 1. The van der Waals surface area contributed by atoms with Crippen molar-refractivity contribution < 1.29 is 4.79 Å². The molecule has 0 bridgehead atoms. The fourth-order valence-electron chi connectivity index (χ4n) is 2.27. The summed E-state index contributed by atoms with van der Waals surface area (Å²) in [5.74, 6) is -0.00233. The Hall–Kier alpha value is -2.94. The maximum Gasteiger partial charge on any atom is 0.185 e. The molecule has 0 saturated heterocycles. The van der Waals surface area contributed by atoms with E-state index in [0.717, 1.165) is 22.0 Å². The molecule has 22 heavy (non-hydrogen) atoms. The number of allylic oxidation sites excluding steroid dienone is 1. The van der Waals surface area contributed by atoms with Crippen molar-refractivity contribution in [3.05, 3.63) is 78.1 Å². The van der Waals surface area contributed by atoms with Gasteiger partial charge in [-0.1, -0.05) is 18.2 Å². The average Bonchev–Trinajstić information content (AvgIpc) is 2.59. The summed E-state index contributed by atoms with van der Waals surface area (Å²) in [7, 11) is 1.85. The van der Waals surface area contributed by atoms with Crippen molar-refractivity contribution in [2.24, 2.45) is 0 Å². The fraction of sp³-hybridized carbons (Fsp3) is 0.0526. The first-order valence-electron chi connectivity index (χ1n) is 7.10. The standard InChI is InChI=1S/C19H16N2O/c1-20-18-7-5-15(6-8-18)19(22)9-3-14-2-4-17-13-21-11-10-16(17)12-14/h2-13,20H,1H3/b9-3+. The van der Waals surface area contributed by atoms with Crippen LogP contribution < -0.4 is 5.32 Å². The Balaban J connectivity index is 1.80. The van der Waals surface area contributed by atoms with Crippen molar-refractivity contribution in [3.63, 3.8) is 0 Å². The van der Waals surface area contributed by atoms with Crippen LogP contribution >= 0.6 is 0 Å². The quantitative estimate of drug-likeness (QED) is 0.578. The fourth-order valence-corrected chi connectivity index (χ4v) is 2.27. The normalized spacial score (nSPS) is 11.0. The molecule has 0 aliphatic rings. The number of hydrogen-bond acceptors (Lipinski definition) is 3. The molecular weight excluding hydrogens is 272 g/mol. The van der Waals surface area contributed by atoms with E-state index < -0.39 is 0 Å². The van der Waals surface area contributed by atoms with Gasteiger partial charge in [0.2, 0.25) is 0 Å². The molecule has 0 spiro atoms. The van der Waals surface area contributed by atoms with E-state index in [4.69, 9.17) is 0 Å². The summed E-state index contributed by atoms with van der Waals surface area (Å²) in [5, 5.41) is 5.24. The molecule has 0 unspecified atom stereocenters. The molecule has 0 amide bonds. The molecule has 2 aromatic carbocycles. The van der Waals surface area contributed by atoms with Crippen molar-refractivity contribution in [3.8, 4) is 0 Å². The molecule has 0 radical (unpaired) electrons. The van der Waals surface area contributed by atoms with Gasteiger partial charge >= 0.3 is 0 Å². The Bertz CT molecular complexity index is 835. The van der Waals surface area contributed by atoms with E-state index in [9.17, 15) is 4.79 Å². The highest BCUT2D eigenvalue weighted by molar-refractivity contribution is 6.07. The number of nitrogens with one attached hydrogen (secondary N) is 1. The topological polar surface area (TPSA) is 42.0 Å². The maximum absolute atomic E-state index is 12.2. The number of carbonyl (C=O) groups is 1. The zero-order valence-corrected chi connectivity index (χ0v) is 12.3. The van der Waals surface area contributed by atoms with E-state index >= 15 is 0 Å². The number of anilines is 1. The van der Waals surface area contributed by atoms with Gasteiger partial charge in [0.25, 0.3) is 0 Å². The second-order valence-electron chi connectivity index (χ2n) is 5.01. The Morgan fingerprint density at radius 2 is 1.86 bits per heavy atom. The predicted octanol–water partition coefficient (Wildman–Crippen LogP) is 4.17. The zero-order chi connectivity index (χ0) is 15.4. The van der Waals surface area contributed by atoms with Crippen LogP contribution in [0.2, 0.25) is 0 Å². The minimum atomic E-state index is -0.00233. The number of benzene rings is 2. The monoisotopic (exact) mass is 288 g/mol. The molecule has 0 atom stereocenters. The summed E-state index contributed by atoms with van der Waals surface area (Å²) in [5.41, 5.74) is 2.67. The smallest absolute Gasteiger partial charge is 0.185 e. The average molecular weight is 288 g/mol. The maximum atomic E-state index is 12.2. The van der Waals surface area contributed by atoms with Crippen LogP contribution in [0.4, 0.5) is 5.69 Å². The molecule has 0 fully saturated rings. The molecule has 1 N–H and O–H groups in total. The Labute approximate surface area is 129 Å². The van der Waals surface area contributed by atoms with E-state index in [2.05, 4.69) is 10.3 Å². The Morgan fingerprint density at radius 3 is 2.64 bits per heavy atom. The van der Waals surface area contributed by atoms with Gasteiger partial charge in [-0.25, -0.2) is 0 Å². The van der Waals surface area contributed by atoms with Gasteiger partial charge < -0.3 is 5.32 Å². The van der Waals surface area contributed by atoms with E-state index in [0.29, 0.717) is 5.56 Å². The van der Waals surface area contributed by atoms with Crippen LogP contribution in [0.15, 0.2) is 67.0 Å². The van der Waals surface area contributed by atoms with E-state index in [1.165, 1.54) is 0 Å². The summed E-state index contributed by atoms with van der Waals surface area (Å²) in [6.45, 7) is 0. The molecule has 0 aliphatic heterocycles. The molecule has 1 aromatic heterocycles. The minimum Gasteiger partial charge on any atom is -0.388 e. The first kappa shape index (κ1) is 14.0. The molecule has 0 saturated carbocycles. The third-order valence-corrected chi connectivity index (χ3v) is 3.55. The molecular formula is C19H16N2O. The van der Waals surface area contributed by atoms with Gasteiger partial charge in [-0.15, -0.1) is 0 Å². The van der Waals surface area contributed by atoms with Crippen LogP contribution in [0.25, 0.3) is 16.8 Å². The third kappa shape index (κ3) is 3.04. The van der Waals surface area contributed by atoms with E-state index in [1.54, 1.807) is 12.3 Å². The summed E-state index contributed by atoms with van der Waals surface area (Å²) in [4.78, 5) is 16.3. The van der Waals surface area contributed by atoms with E-state index in [-0.39, 0.29) is 5.78 Å². The lowest BCUT2D eigenvalue weighted by molar-refractivity contribution is 0.104. The number of nitrogens with zero attached hydrogens (tertiary/aromatic N) is 1. The molecule has 108 valence electrons. The van der Waals surface area contributed by atoms with Gasteiger partial charge in [-0.05, 0) is 53.4 Å². The van der Waals surface area contributed by atoms with Gasteiger partial charge in [0, 0.05) is 36.1 Å². The molecule has 3 rings (SSSR count). The van der Waals surface area contributed by atoms with Crippen molar-refractivity contribution in [2.45, 2.75) is 0 Å². The van der Waals surface area contributed by atoms with Crippen molar-refractivity contribution in [1.29, 1.82) is 0 Å². The van der Waals surface area contributed by atoms with Crippen LogP contribution in [0.1, 0.15) is 15.9 Å². The van der Waals surface area contributed by atoms with Crippen LogP contribution in [-0.4, -0.2) is 17.8 Å². The van der Waals surface area contributed by atoms with Gasteiger partial charge in [0.1, 0.15) is 0 Å². The summed E-state index contributed by atoms with van der Waals surface area (Å²) in [6, 6.07) is 15.4. The lowest BCUT2D eigenvalue weighted by Gasteiger charge is -2.01. The highest BCUT2D eigenvalue weighted by atomic mass is 16.1. The molecule has 3 heteroatoms. The third-order valence-electron chi connectivity index (χ3n) is 3.55. The SMILES string of the molecule is CNc1ccc(C(=O)/C=C/c2ccc3cnccc3c2)cc1. The lowest BCUT2D eigenvalue weighted by atomic mass is 10.1. The van der Waals surface area contributed by atoms with Crippen LogP contribution in [0, 0.1) is 0 Å². The Morgan fingerprint density at radius 1 is 1.05 bits per heavy atom. The summed E-state index contributed by atoms with van der Waals surface area (Å²) >= 11 is 0. The second-order valence-corrected chi connectivity index (χ2v) is 5.01. The van der Waals surface area contributed by atoms with Crippen molar-refractivity contribution in [1.82, 2.24) is 4.98 Å². The summed E-state index contributed by atoms with van der Waals surface area (Å²) in [6.07, 6.45) is 7.05. The van der Waals surface area contributed by atoms with Crippen molar-refractivity contribution in [2.75, 3.05) is 12.4 Å². The highest BCUT2D eigenvalue weighted by Gasteiger charge is 2.01. The number of ketones is 1. The molecule has 3 aromatic rings. The molecule has 1 heterocycles. The first-order chi connectivity index (χ1) is 10.8. The first-order valence-corrected chi connectivity index (χ1v) is 7.10. The van der Waals surface area contributed by atoms with E-state index in [1.807, 2.05) is 67.9 Å².